The van der Waals surface area contributed by atoms with Crippen LogP contribution in [0, 0.1) is 6.33 Å². The molecule has 0 unspecified atom stereocenters. The molecule has 87 valence electrons. The van der Waals surface area contributed by atoms with Crippen molar-refractivity contribution in [1.29, 1.82) is 0 Å². The zero-order chi connectivity index (χ0) is 12.3. The average Bonchev–Trinajstić information content (AvgIpc) is 2.30. The molecule has 17 heavy (non-hydrogen) atoms. The van der Waals surface area contributed by atoms with E-state index < -0.39 is 10.1 Å². The standard InChI is InChI=1S/C9H7N4O3S/c14-17(15,16)8-3-1-7(2-4-8)13-9-11-5-10-6-12-9/h1-5H,(H,14,15,16)(H,10,11,12,13). The summed E-state index contributed by atoms with van der Waals surface area (Å²) in [5.41, 5.74) is 0.581. The molecule has 1 aromatic heterocycles. The van der Waals surface area contributed by atoms with E-state index in [0.29, 0.717) is 11.6 Å². The lowest BCUT2D eigenvalue weighted by Gasteiger charge is -2.03. The van der Waals surface area contributed by atoms with E-state index in [0.717, 1.165) is 0 Å². The zero-order valence-electron chi connectivity index (χ0n) is 8.40. The Kier molecular flexibility index (Phi) is 2.98. The van der Waals surface area contributed by atoms with Crippen LogP contribution in [0.4, 0.5) is 11.6 Å². The van der Waals surface area contributed by atoms with Gasteiger partial charge >= 0.3 is 0 Å². The summed E-state index contributed by atoms with van der Waals surface area (Å²) >= 11 is 0. The first kappa shape index (κ1) is 11.4. The monoisotopic (exact) mass is 251 g/mol. The van der Waals surface area contributed by atoms with Crippen molar-refractivity contribution < 1.29 is 13.0 Å². The van der Waals surface area contributed by atoms with Crippen molar-refractivity contribution in [3.8, 4) is 0 Å². The van der Waals surface area contributed by atoms with Gasteiger partial charge in [0.05, 0.1) is 4.90 Å². The highest BCUT2D eigenvalue weighted by Crippen LogP contribution is 2.15. The molecule has 1 radical (unpaired) electrons. The van der Waals surface area contributed by atoms with E-state index in [1.807, 2.05) is 0 Å². The summed E-state index contributed by atoms with van der Waals surface area (Å²) in [6.45, 7) is 0. The highest BCUT2D eigenvalue weighted by atomic mass is 32.2. The minimum atomic E-state index is -4.17. The molecule has 2 N–H and O–H groups in total. The maximum Gasteiger partial charge on any atom is 0.294 e. The Morgan fingerprint density at radius 1 is 1.24 bits per heavy atom. The Morgan fingerprint density at radius 3 is 2.47 bits per heavy atom. The van der Waals surface area contributed by atoms with Gasteiger partial charge in [-0.3, -0.25) is 4.55 Å². The average molecular weight is 251 g/mol. The summed E-state index contributed by atoms with van der Waals surface area (Å²) in [6, 6.07) is 5.49. The van der Waals surface area contributed by atoms with E-state index in [2.05, 4.69) is 26.6 Å². The second-order valence-electron chi connectivity index (χ2n) is 3.03. The first-order valence-electron chi connectivity index (χ1n) is 4.45. The molecule has 1 heterocycles. The number of nitrogens with one attached hydrogen (secondary N) is 1. The van der Waals surface area contributed by atoms with Gasteiger partial charge in [0, 0.05) is 5.69 Å². The maximum atomic E-state index is 10.8. The van der Waals surface area contributed by atoms with Gasteiger partial charge in [0.1, 0.15) is 6.33 Å². The molecule has 7 nitrogen and oxygen atoms in total. The van der Waals surface area contributed by atoms with Crippen LogP contribution in [-0.2, 0) is 10.1 Å². The normalized spacial score (nSPS) is 11.1. The maximum absolute atomic E-state index is 10.8. The van der Waals surface area contributed by atoms with Gasteiger partial charge in [-0.25, -0.2) is 9.97 Å². The number of benzene rings is 1. The fourth-order valence-corrected chi connectivity index (χ4v) is 1.59. The molecule has 0 aliphatic heterocycles. The van der Waals surface area contributed by atoms with Crippen molar-refractivity contribution in [3.63, 3.8) is 0 Å². The van der Waals surface area contributed by atoms with Crippen molar-refractivity contribution in [2.75, 3.05) is 5.32 Å². The highest BCUT2D eigenvalue weighted by molar-refractivity contribution is 7.85. The Labute approximate surface area is 97.3 Å². The van der Waals surface area contributed by atoms with Gasteiger partial charge in [0.25, 0.3) is 10.1 Å². The Morgan fingerprint density at radius 2 is 1.94 bits per heavy atom. The molecule has 2 rings (SSSR count). The van der Waals surface area contributed by atoms with Gasteiger partial charge in [0.15, 0.2) is 0 Å². The highest BCUT2D eigenvalue weighted by Gasteiger charge is 2.08. The molecule has 0 atom stereocenters. The van der Waals surface area contributed by atoms with E-state index in [1.54, 1.807) is 0 Å². The van der Waals surface area contributed by atoms with Crippen molar-refractivity contribution in [1.82, 2.24) is 15.0 Å². The fourth-order valence-electron chi connectivity index (χ4n) is 1.11. The van der Waals surface area contributed by atoms with E-state index >= 15 is 0 Å². The quantitative estimate of drug-likeness (QED) is 0.772. The first-order chi connectivity index (χ1) is 8.05. The van der Waals surface area contributed by atoms with Crippen LogP contribution in [0.1, 0.15) is 0 Å². The van der Waals surface area contributed by atoms with Gasteiger partial charge < -0.3 is 5.32 Å². The largest absolute Gasteiger partial charge is 0.324 e. The van der Waals surface area contributed by atoms with Crippen LogP contribution in [0.2, 0.25) is 0 Å². The molecule has 0 aliphatic rings. The number of hydrogen-bond acceptors (Lipinski definition) is 6. The first-order valence-corrected chi connectivity index (χ1v) is 5.89. The van der Waals surface area contributed by atoms with Crippen molar-refractivity contribution in [3.05, 3.63) is 36.9 Å². The number of anilines is 2. The van der Waals surface area contributed by atoms with E-state index in [1.165, 1.54) is 30.6 Å². The lowest BCUT2D eigenvalue weighted by molar-refractivity contribution is 0.483. The Hall–Kier alpha value is -2.06. The minimum Gasteiger partial charge on any atom is -0.324 e. The fraction of sp³-hybridized carbons (Fsp3) is 0. The summed E-state index contributed by atoms with van der Waals surface area (Å²) in [7, 11) is -4.17. The Balaban J connectivity index is 2.20. The predicted molar refractivity (Wildman–Crippen MR) is 58.2 cm³/mol. The summed E-state index contributed by atoms with van der Waals surface area (Å²) in [4.78, 5) is 10.9. The third kappa shape index (κ3) is 2.95. The van der Waals surface area contributed by atoms with Crippen LogP contribution in [0.5, 0.6) is 0 Å². The van der Waals surface area contributed by atoms with Crippen LogP contribution in [0.3, 0.4) is 0 Å². The third-order valence-electron chi connectivity index (χ3n) is 1.86. The molecular formula is C9H7N4O3S. The van der Waals surface area contributed by atoms with Gasteiger partial charge in [-0.15, -0.1) is 0 Å². The van der Waals surface area contributed by atoms with E-state index in [4.69, 9.17) is 4.55 Å². The molecule has 0 saturated carbocycles. The van der Waals surface area contributed by atoms with Crippen LogP contribution < -0.4 is 5.32 Å². The molecule has 0 bridgehead atoms. The lowest BCUT2D eigenvalue weighted by Crippen LogP contribution is -1.99. The van der Waals surface area contributed by atoms with Crippen LogP contribution in [0.25, 0.3) is 0 Å². The van der Waals surface area contributed by atoms with E-state index in [-0.39, 0.29) is 4.90 Å². The number of nitrogens with zero attached hydrogens (tertiary/aromatic N) is 3. The van der Waals surface area contributed by atoms with Gasteiger partial charge in [0.2, 0.25) is 12.3 Å². The molecule has 0 saturated heterocycles. The molecule has 8 heteroatoms. The summed E-state index contributed by atoms with van der Waals surface area (Å²) < 4.78 is 30.4. The van der Waals surface area contributed by atoms with E-state index in [9.17, 15) is 8.42 Å². The topological polar surface area (TPSA) is 105 Å². The lowest BCUT2D eigenvalue weighted by atomic mass is 10.3. The smallest absolute Gasteiger partial charge is 0.294 e. The van der Waals surface area contributed by atoms with Crippen molar-refractivity contribution in [2.45, 2.75) is 4.90 Å². The summed E-state index contributed by atoms with van der Waals surface area (Å²) in [6.07, 6.45) is 3.64. The summed E-state index contributed by atoms with van der Waals surface area (Å²) in [5, 5.41) is 2.81. The molecule has 0 aliphatic carbocycles. The number of hydrogen-bond donors (Lipinski definition) is 2. The van der Waals surface area contributed by atoms with Crippen molar-refractivity contribution in [2.24, 2.45) is 0 Å². The zero-order valence-corrected chi connectivity index (χ0v) is 9.22. The van der Waals surface area contributed by atoms with Gasteiger partial charge in [-0.2, -0.15) is 13.4 Å². The van der Waals surface area contributed by atoms with Crippen LogP contribution >= 0.6 is 0 Å². The Bertz CT molecular complexity index is 598. The minimum absolute atomic E-state index is 0.176. The molecular weight excluding hydrogens is 244 g/mol. The van der Waals surface area contributed by atoms with Crippen molar-refractivity contribution >= 4 is 21.8 Å². The number of rotatable bonds is 3. The second kappa shape index (κ2) is 4.44. The molecule has 0 amide bonds. The third-order valence-corrected chi connectivity index (χ3v) is 2.73. The van der Waals surface area contributed by atoms with Crippen LogP contribution in [-0.4, -0.2) is 27.9 Å². The van der Waals surface area contributed by atoms with Crippen LogP contribution in [0.15, 0.2) is 35.5 Å². The predicted octanol–water partition coefficient (Wildman–Crippen LogP) is 0.662. The second-order valence-corrected chi connectivity index (χ2v) is 4.46. The molecule has 0 fully saturated rings. The molecule has 1 aromatic carbocycles. The molecule has 0 spiro atoms. The summed E-state index contributed by atoms with van der Waals surface area (Å²) in [5.74, 6) is 0.291. The number of aromatic nitrogens is 3. The van der Waals surface area contributed by atoms with Gasteiger partial charge in [-0.1, -0.05) is 0 Å². The SMILES string of the molecule is O=S(=O)(O)c1ccc(Nc2n[c]ncn2)cc1. The molecule has 2 aromatic rings. The van der Waals surface area contributed by atoms with Gasteiger partial charge in [-0.05, 0) is 24.3 Å².